The highest BCUT2D eigenvalue weighted by atomic mass is 127. The Bertz CT molecular complexity index is 703. The smallest absolute Gasteiger partial charge is 0.192 e. The van der Waals surface area contributed by atoms with E-state index in [9.17, 15) is 0 Å². The minimum Gasteiger partial charge on any atom is -0.485 e. The van der Waals surface area contributed by atoms with Crippen molar-refractivity contribution in [2.75, 3.05) is 12.3 Å². The predicted octanol–water partition coefficient (Wildman–Crippen LogP) is 3.05. The van der Waals surface area contributed by atoms with E-state index in [2.05, 4.69) is 32.6 Å². The Kier molecular flexibility index (Phi) is 3.13. The van der Waals surface area contributed by atoms with E-state index in [0.717, 1.165) is 20.8 Å². The highest BCUT2D eigenvalue weighted by molar-refractivity contribution is 14.1. The molecule has 0 radical (unpaired) electrons. The lowest BCUT2D eigenvalue weighted by Gasteiger charge is -2.25. The Labute approximate surface area is 136 Å². The van der Waals surface area contributed by atoms with Gasteiger partial charge in [0.05, 0.1) is 9.26 Å². The Balaban J connectivity index is 1.68. The van der Waals surface area contributed by atoms with Crippen LogP contribution in [0.5, 0.6) is 11.5 Å². The highest BCUT2D eigenvalue weighted by Gasteiger charge is 2.32. The SMILES string of the molecule is Nc1nc(C2COc3ccccc3O2)nc(C2CC2)c1I. The van der Waals surface area contributed by atoms with Crippen LogP contribution < -0.4 is 15.2 Å². The van der Waals surface area contributed by atoms with Crippen LogP contribution in [0.15, 0.2) is 24.3 Å². The van der Waals surface area contributed by atoms with Gasteiger partial charge in [-0.3, -0.25) is 0 Å². The number of hydrogen-bond acceptors (Lipinski definition) is 5. The lowest BCUT2D eigenvalue weighted by molar-refractivity contribution is 0.0849. The second kappa shape index (κ2) is 5.01. The van der Waals surface area contributed by atoms with E-state index in [0.29, 0.717) is 24.2 Å². The molecule has 0 saturated heterocycles. The number of aromatic nitrogens is 2. The summed E-state index contributed by atoms with van der Waals surface area (Å²) >= 11 is 2.23. The second-order valence-electron chi connectivity index (χ2n) is 5.30. The lowest BCUT2D eigenvalue weighted by Crippen LogP contribution is -2.24. The molecule has 1 aromatic carbocycles. The molecule has 1 unspecified atom stereocenters. The van der Waals surface area contributed by atoms with Gasteiger partial charge in [-0.1, -0.05) is 12.1 Å². The van der Waals surface area contributed by atoms with Crippen molar-refractivity contribution in [2.24, 2.45) is 0 Å². The number of hydrogen-bond donors (Lipinski definition) is 1. The quantitative estimate of drug-likeness (QED) is 0.792. The summed E-state index contributed by atoms with van der Waals surface area (Å²) in [7, 11) is 0. The number of ether oxygens (including phenoxy) is 2. The van der Waals surface area contributed by atoms with Gasteiger partial charge in [0, 0.05) is 5.92 Å². The van der Waals surface area contributed by atoms with Crippen LogP contribution in [0.1, 0.15) is 36.4 Å². The summed E-state index contributed by atoms with van der Waals surface area (Å²) in [6.45, 7) is 0.404. The molecule has 1 fully saturated rings. The Morgan fingerprint density at radius 3 is 2.67 bits per heavy atom. The molecule has 21 heavy (non-hydrogen) atoms. The van der Waals surface area contributed by atoms with Crippen molar-refractivity contribution < 1.29 is 9.47 Å². The van der Waals surface area contributed by atoms with Crippen molar-refractivity contribution in [3.8, 4) is 11.5 Å². The number of anilines is 1. The monoisotopic (exact) mass is 395 g/mol. The number of halogens is 1. The number of nitrogens with zero attached hydrogens (tertiary/aromatic N) is 2. The van der Waals surface area contributed by atoms with Crippen molar-refractivity contribution in [1.82, 2.24) is 9.97 Å². The van der Waals surface area contributed by atoms with Crippen LogP contribution in [-0.4, -0.2) is 16.6 Å². The zero-order valence-electron chi connectivity index (χ0n) is 11.3. The molecule has 6 heteroatoms. The van der Waals surface area contributed by atoms with Crippen LogP contribution in [0, 0.1) is 3.57 Å². The third kappa shape index (κ3) is 2.41. The summed E-state index contributed by atoms with van der Waals surface area (Å²) in [6, 6.07) is 7.63. The predicted molar refractivity (Wildman–Crippen MR) is 86.4 cm³/mol. The fourth-order valence-electron chi connectivity index (χ4n) is 2.42. The highest BCUT2D eigenvalue weighted by Crippen LogP contribution is 2.43. The van der Waals surface area contributed by atoms with Crippen molar-refractivity contribution in [3.63, 3.8) is 0 Å². The summed E-state index contributed by atoms with van der Waals surface area (Å²) < 4.78 is 12.7. The van der Waals surface area contributed by atoms with Gasteiger partial charge in [0.2, 0.25) is 0 Å². The molecule has 2 aromatic rings. The van der Waals surface area contributed by atoms with Gasteiger partial charge in [-0.2, -0.15) is 0 Å². The summed E-state index contributed by atoms with van der Waals surface area (Å²) in [6.07, 6.45) is 2.05. The van der Waals surface area contributed by atoms with Gasteiger partial charge >= 0.3 is 0 Å². The normalized spacial score (nSPS) is 20.3. The molecular formula is C15H14IN3O2. The summed E-state index contributed by atoms with van der Waals surface area (Å²) in [5.41, 5.74) is 7.09. The van der Waals surface area contributed by atoms with Crippen LogP contribution in [-0.2, 0) is 0 Å². The standard InChI is InChI=1S/C15H14IN3O2/c16-12-13(8-5-6-8)18-15(19-14(12)17)11-7-20-9-3-1-2-4-10(9)21-11/h1-4,8,11H,5-7H2,(H2,17,18,19). The van der Waals surface area contributed by atoms with Gasteiger partial charge in [0.25, 0.3) is 0 Å². The third-order valence-corrected chi connectivity index (χ3v) is 4.79. The molecule has 1 aliphatic heterocycles. The molecule has 1 atom stereocenters. The van der Waals surface area contributed by atoms with Gasteiger partial charge in [-0.15, -0.1) is 0 Å². The number of nitrogen functional groups attached to an aromatic ring is 1. The molecule has 1 aromatic heterocycles. The summed E-state index contributed by atoms with van der Waals surface area (Å²) in [5, 5.41) is 0. The molecule has 108 valence electrons. The van der Waals surface area contributed by atoms with Gasteiger partial charge in [0.15, 0.2) is 23.4 Å². The van der Waals surface area contributed by atoms with Gasteiger partial charge in [-0.05, 0) is 47.6 Å². The minimum absolute atomic E-state index is 0.309. The number of rotatable bonds is 2. The van der Waals surface area contributed by atoms with Crippen molar-refractivity contribution >= 4 is 28.4 Å². The average molecular weight is 395 g/mol. The molecule has 2 heterocycles. The van der Waals surface area contributed by atoms with Crippen molar-refractivity contribution in [3.05, 3.63) is 39.4 Å². The number of fused-ring (bicyclic) bond motifs is 1. The maximum Gasteiger partial charge on any atom is 0.192 e. The fraction of sp³-hybridized carbons (Fsp3) is 0.333. The van der Waals surface area contributed by atoms with Crippen LogP contribution >= 0.6 is 22.6 Å². The lowest BCUT2D eigenvalue weighted by atomic mass is 10.2. The number of nitrogens with two attached hydrogens (primary N) is 1. The van der Waals surface area contributed by atoms with E-state index in [-0.39, 0.29) is 6.10 Å². The Morgan fingerprint density at radius 1 is 1.14 bits per heavy atom. The zero-order chi connectivity index (χ0) is 14.4. The zero-order valence-corrected chi connectivity index (χ0v) is 13.4. The maximum atomic E-state index is 6.03. The van der Waals surface area contributed by atoms with Gasteiger partial charge in [-0.25, -0.2) is 9.97 Å². The summed E-state index contributed by atoms with van der Waals surface area (Å²) in [4.78, 5) is 9.08. The molecule has 5 nitrogen and oxygen atoms in total. The van der Waals surface area contributed by atoms with Gasteiger partial charge in [0.1, 0.15) is 12.4 Å². The van der Waals surface area contributed by atoms with Gasteiger partial charge < -0.3 is 15.2 Å². The van der Waals surface area contributed by atoms with E-state index >= 15 is 0 Å². The first kappa shape index (κ1) is 13.1. The van der Waals surface area contributed by atoms with E-state index in [4.69, 9.17) is 15.2 Å². The van der Waals surface area contributed by atoms with Crippen LogP contribution in [0.3, 0.4) is 0 Å². The molecule has 0 bridgehead atoms. The molecule has 0 spiro atoms. The van der Waals surface area contributed by atoms with Crippen molar-refractivity contribution in [2.45, 2.75) is 24.9 Å². The molecule has 2 aliphatic rings. The molecular weight excluding hydrogens is 381 g/mol. The molecule has 2 N–H and O–H groups in total. The molecule has 1 aliphatic carbocycles. The number of benzene rings is 1. The maximum absolute atomic E-state index is 6.03. The van der Waals surface area contributed by atoms with Crippen molar-refractivity contribution in [1.29, 1.82) is 0 Å². The molecule has 4 rings (SSSR count). The molecule has 1 saturated carbocycles. The Morgan fingerprint density at radius 2 is 1.90 bits per heavy atom. The van der Waals surface area contributed by atoms with E-state index in [1.54, 1.807) is 0 Å². The van der Waals surface area contributed by atoms with Crippen LogP contribution in [0.4, 0.5) is 5.82 Å². The fourth-order valence-corrected chi connectivity index (χ4v) is 3.10. The largest absolute Gasteiger partial charge is 0.485 e. The second-order valence-corrected chi connectivity index (χ2v) is 6.38. The van der Waals surface area contributed by atoms with E-state index in [1.165, 1.54) is 12.8 Å². The van der Waals surface area contributed by atoms with Crippen LogP contribution in [0.2, 0.25) is 0 Å². The molecule has 0 amide bonds. The first-order valence-electron chi connectivity index (χ1n) is 6.93. The van der Waals surface area contributed by atoms with Crippen LogP contribution in [0.25, 0.3) is 0 Å². The minimum atomic E-state index is -0.309. The number of para-hydroxylation sites is 2. The average Bonchev–Trinajstić information content (AvgIpc) is 3.34. The van der Waals surface area contributed by atoms with E-state index in [1.807, 2.05) is 24.3 Å². The first-order chi connectivity index (χ1) is 10.2. The first-order valence-corrected chi connectivity index (χ1v) is 8.01. The third-order valence-electron chi connectivity index (χ3n) is 3.68. The summed E-state index contributed by atoms with van der Waals surface area (Å²) in [5.74, 6) is 3.16. The van der Waals surface area contributed by atoms with E-state index < -0.39 is 0 Å². The topological polar surface area (TPSA) is 70.3 Å². The Hall–Kier alpha value is -1.57.